The van der Waals surface area contributed by atoms with Crippen molar-refractivity contribution in [2.24, 2.45) is 0 Å². The Hall–Kier alpha value is -0.990. The van der Waals surface area contributed by atoms with Gasteiger partial charge in [-0.1, -0.05) is 13.3 Å². The first kappa shape index (κ1) is 26.0. The Bertz CT molecular complexity index is 486. The highest BCUT2D eigenvalue weighted by atomic mass is 19.4. The molecule has 0 saturated heterocycles. The van der Waals surface area contributed by atoms with Gasteiger partial charge in [-0.05, 0) is 13.3 Å². The Morgan fingerprint density at radius 3 is 1.44 bits per heavy atom. The molecule has 27 heavy (non-hydrogen) atoms. The number of hydrogen-bond donors (Lipinski definition) is 0. The molecule has 0 rings (SSSR count). The Morgan fingerprint density at radius 2 is 1.07 bits per heavy atom. The Balaban J connectivity index is 5.80. The van der Waals surface area contributed by atoms with E-state index in [9.17, 15) is 57.1 Å². The molecule has 0 aromatic heterocycles. The smallest absolute Gasteiger partial charge is 0.353 e. The van der Waals surface area contributed by atoms with E-state index in [4.69, 9.17) is 0 Å². The molecule has 0 amide bonds. The molecule has 0 saturated carbocycles. The summed E-state index contributed by atoms with van der Waals surface area (Å²) >= 11 is 0. The zero-order valence-corrected chi connectivity index (χ0v) is 13.4. The minimum atomic E-state index is -7.94. The van der Waals surface area contributed by atoms with E-state index in [1.54, 1.807) is 6.92 Å². The summed E-state index contributed by atoms with van der Waals surface area (Å²) in [6, 6.07) is 0. The van der Waals surface area contributed by atoms with Crippen molar-refractivity contribution >= 4 is 0 Å². The number of rotatable bonds is 10. The van der Waals surface area contributed by atoms with Crippen molar-refractivity contribution in [2.45, 2.75) is 69.0 Å². The van der Waals surface area contributed by atoms with Crippen LogP contribution in [0, 0.1) is 0 Å². The highest BCUT2D eigenvalue weighted by Gasteiger charge is 2.91. The van der Waals surface area contributed by atoms with Crippen LogP contribution in [-0.4, -0.2) is 48.9 Å². The molecule has 0 aliphatic heterocycles. The lowest BCUT2D eigenvalue weighted by Gasteiger charge is -2.39. The number of alkyl halides is 13. The number of unbranched alkanes of at least 4 members (excludes halogenated alkanes) is 1. The van der Waals surface area contributed by atoms with Crippen LogP contribution in [0.3, 0.4) is 0 Å². The predicted octanol–water partition coefficient (Wildman–Crippen LogP) is 5.86. The molecule has 0 aromatic carbocycles. The second-order valence-electron chi connectivity index (χ2n) is 5.22. The second kappa shape index (κ2) is 7.79. The van der Waals surface area contributed by atoms with Crippen molar-refractivity contribution in [3.05, 3.63) is 0 Å². The maximum Gasteiger partial charge on any atom is 0.460 e. The van der Waals surface area contributed by atoms with Crippen LogP contribution in [0.25, 0.3) is 0 Å². The zero-order chi connectivity index (χ0) is 22.1. The van der Waals surface area contributed by atoms with Crippen molar-refractivity contribution in [2.75, 3.05) is 6.61 Å². The van der Waals surface area contributed by atoms with E-state index in [0.29, 0.717) is 13.3 Å². The summed E-state index contributed by atoms with van der Waals surface area (Å²) in [7, 11) is 0. The van der Waals surface area contributed by atoms with E-state index in [-0.39, 0.29) is 6.42 Å². The van der Waals surface area contributed by atoms with Gasteiger partial charge in [-0.15, -0.1) is 0 Å². The van der Waals surface area contributed by atoms with Crippen LogP contribution in [0.5, 0.6) is 0 Å². The van der Waals surface area contributed by atoms with E-state index in [2.05, 4.69) is 9.47 Å². The van der Waals surface area contributed by atoms with E-state index >= 15 is 0 Å². The third-order valence-corrected chi connectivity index (χ3v) is 3.07. The first-order valence-electron chi connectivity index (χ1n) is 6.96. The lowest BCUT2D eigenvalue weighted by Crippen LogP contribution is -2.70. The third-order valence-electron chi connectivity index (χ3n) is 3.07. The van der Waals surface area contributed by atoms with Crippen LogP contribution in [0.15, 0.2) is 0 Å². The minimum Gasteiger partial charge on any atom is -0.353 e. The summed E-state index contributed by atoms with van der Waals surface area (Å²) < 4.78 is 174. The Kier molecular flexibility index (Phi) is 7.51. The quantitative estimate of drug-likeness (QED) is 0.243. The van der Waals surface area contributed by atoms with Crippen molar-refractivity contribution in [3.8, 4) is 0 Å². The third kappa shape index (κ3) is 4.54. The molecule has 0 aromatic rings. The predicted molar refractivity (Wildman–Crippen MR) is 62.2 cm³/mol. The summed E-state index contributed by atoms with van der Waals surface area (Å²) in [5.74, 6) is -31.0. The molecule has 0 radical (unpaired) electrons. The summed E-state index contributed by atoms with van der Waals surface area (Å²) in [5.41, 5.74) is 0. The van der Waals surface area contributed by atoms with Gasteiger partial charge in [0.25, 0.3) is 0 Å². The van der Waals surface area contributed by atoms with E-state index in [0.717, 1.165) is 0 Å². The largest absolute Gasteiger partial charge is 0.460 e. The highest BCUT2D eigenvalue weighted by molar-refractivity contribution is 5.08. The fourth-order valence-electron chi connectivity index (χ4n) is 1.47. The van der Waals surface area contributed by atoms with E-state index in [1.807, 2.05) is 0 Å². The number of ether oxygens (including phenoxy) is 2. The molecular weight excluding hydrogens is 423 g/mol. The highest BCUT2D eigenvalue weighted by Crippen LogP contribution is 2.60. The van der Waals surface area contributed by atoms with Crippen LogP contribution >= 0.6 is 0 Å². The molecule has 164 valence electrons. The van der Waals surface area contributed by atoms with Gasteiger partial charge in [0.05, 0.1) is 0 Å². The Labute approximate surface area is 143 Å². The fraction of sp³-hybridized carbons (Fsp3) is 1.00. The van der Waals surface area contributed by atoms with Gasteiger partial charge in [-0.25, -0.2) is 0 Å². The summed E-state index contributed by atoms with van der Waals surface area (Å²) in [6.07, 6.45) is -15.9. The molecule has 0 N–H and O–H groups in total. The number of hydrogen-bond acceptors (Lipinski definition) is 2. The van der Waals surface area contributed by atoms with Crippen LogP contribution in [-0.2, 0) is 9.47 Å². The normalized spacial score (nSPS) is 16.6. The molecule has 0 spiro atoms. The summed E-state index contributed by atoms with van der Waals surface area (Å²) in [5, 5.41) is 0. The van der Waals surface area contributed by atoms with Gasteiger partial charge in [0, 0.05) is 6.61 Å². The topological polar surface area (TPSA) is 18.5 Å². The molecule has 0 heterocycles. The molecular formula is C12H13F13O2. The first-order valence-corrected chi connectivity index (χ1v) is 6.96. The van der Waals surface area contributed by atoms with Crippen LogP contribution in [0.2, 0.25) is 0 Å². The Morgan fingerprint density at radius 1 is 0.667 bits per heavy atom. The number of halogens is 13. The molecule has 1 atom stereocenters. The molecule has 1 unspecified atom stereocenters. The fourth-order valence-corrected chi connectivity index (χ4v) is 1.47. The van der Waals surface area contributed by atoms with Crippen molar-refractivity contribution in [1.29, 1.82) is 0 Å². The zero-order valence-electron chi connectivity index (χ0n) is 13.4. The van der Waals surface area contributed by atoms with Gasteiger partial charge >= 0.3 is 36.0 Å². The van der Waals surface area contributed by atoms with Crippen LogP contribution in [0.1, 0.15) is 26.7 Å². The maximum atomic E-state index is 13.3. The van der Waals surface area contributed by atoms with E-state index < -0.39 is 48.9 Å². The van der Waals surface area contributed by atoms with Gasteiger partial charge in [-0.3, -0.25) is 4.74 Å². The van der Waals surface area contributed by atoms with Gasteiger partial charge in [-0.2, -0.15) is 57.1 Å². The molecule has 15 heteroatoms. The van der Waals surface area contributed by atoms with Crippen LogP contribution < -0.4 is 0 Å². The van der Waals surface area contributed by atoms with Crippen LogP contribution in [0.4, 0.5) is 57.1 Å². The van der Waals surface area contributed by atoms with Crippen molar-refractivity contribution in [1.82, 2.24) is 0 Å². The molecule has 0 aliphatic carbocycles. The first-order chi connectivity index (χ1) is 11.7. The minimum absolute atomic E-state index is 0.154. The average Bonchev–Trinajstić information content (AvgIpc) is 2.44. The van der Waals surface area contributed by atoms with Crippen molar-refractivity contribution in [3.63, 3.8) is 0 Å². The molecule has 0 bridgehead atoms. The monoisotopic (exact) mass is 436 g/mol. The lowest BCUT2D eigenvalue weighted by atomic mass is 9.97. The van der Waals surface area contributed by atoms with Gasteiger partial charge < -0.3 is 4.74 Å². The van der Waals surface area contributed by atoms with Crippen molar-refractivity contribution < 1.29 is 66.5 Å². The molecule has 0 fully saturated rings. The van der Waals surface area contributed by atoms with E-state index in [1.165, 1.54) is 0 Å². The summed E-state index contributed by atoms with van der Waals surface area (Å²) in [4.78, 5) is 0. The summed E-state index contributed by atoms with van der Waals surface area (Å²) in [6.45, 7) is 1.61. The average molecular weight is 436 g/mol. The SMILES string of the molecule is CCCCOC(C)OC(F)(F)C(F)(F)C(F)(F)C(F)(F)C(F)(F)C(F)(F)F. The lowest BCUT2D eigenvalue weighted by molar-refractivity contribution is -0.476. The second-order valence-corrected chi connectivity index (χ2v) is 5.22. The van der Waals surface area contributed by atoms with Gasteiger partial charge in [0.1, 0.15) is 0 Å². The maximum absolute atomic E-state index is 13.3. The van der Waals surface area contributed by atoms with Gasteiger partial charge in [0.15, 0.2) is 6.29 Å². The van der Waals surface area contributed by atoms with Gasteiger partial charge in [0.2, 0.25) is 0 Å². The molecule has 2 nitrogen and oxygen atoms in total. The standard InChI is InChI=1S/C12H13F13O2/c1-3-4-5-26-6(2)27-12(24,25)10(19,20)8(15,16)7(13,14)9(17,18)11(21,22)23/h6H,3-5H2,1-2H3. The molecule has 0 aliphatic rings.